The number of carbonyl (C=O) groups excluding carboxylic acids is 3. The highest BCUT2D eigenvalue weighted by Crippen LogP contribution is 2.47. The molecule has 164 valence electrons. The summed E-state index contributed by atoms with van der Waals surface area (Å²) in [5, 5.41) is 24.6. The molecule has 2 amide bonds. The zero-order chi connectivity index (χ0) is 22.2. The molecule has 3 rings (SSSR count). The number of phenols is 1. The molecule has 3 N–H and O–H groups in total. The summed E-state index contributed by atoms with van der Waals surface area (Å²) in [6, 6.07) is 3.99. The minimum Gasteiger partial charge on any atom is -0.544 e. The molecule has 0 aromatic heterocycles. The van der Waals surface area contributed by atoms with Crippen LogP contribution in [0.1, 0.15) is 51.6 Å². The Bertz CT molecular complexity index is 854. The number of aliphatic carboxylic acids is 1. The molecule has 0 aliphatic carbocycles. The number of quaternary nitrogens is 1. The molecule has 1 aromatic carbocycles. The van der Waals surface area contributed by atoms with E-state index in [2.05, 4.69) is 0 Å². The molecule has 1 aromatic rings. The van der Waals surface area contributed by atoms with Crippen molar-refractivity contribution in [2.24, 2.45) is 17.8 Å². The van der Waals surface area contributed by atoms with Crippen LogP contribution in [0.2, 0.25) is 0 Å². The summed E-state index contributed by atoms with van der Waals surface area (Å²) in [6.07, 6.45) is 1.64. The molecule has 2 heterocycles. The largest absolute Gasteiger partial charge is 0.544 e. The van der Waals surface area contributed by atoms with Gasteiger partial charge in [-0.3, -0.25) is 14.5 Å². The SMILES string of the molecule is CCCCN1C(=O)[C@@H]2[C@@H](C1=O)[C@](CC(C)C)(C(=O)[O-])[NH2+][C@H]2c1ccc(OC)cc1O. The van der Waals surface area contributed by atoms with E-state index in [0.29, 0.717) is 17.7 Å². The maximum atomic E-state index is 13.3. The summed E-state index contributed by atoms with van der Waals surface area (Å²) in [4.78, 5) is 40.2. The number of carboxylic acid groups (broad SMARTS) is 1. The summed E-state index contributed by atoms with van der Waals surface area (Å²) >= 11 is 0. The number of phenolic OH excluding ortho intramolecular Hbond substituents is 1. The van der Waals surface area contributed by atoms with E-state index in [1.807, 2.05) is 20.8 Å². The van der Waals surface area contributed by atoms with Crippen molar-refractivity contribution in [2.45, 2.75) is 51.6 Å². The predicted molar refractivity (Wildman–Crippen MR) is 105 cm³/mol. The van der Waals surface area contributed by atoms with Crippen molar-refractivity contribution in [1.29, 1.82) is 0 Å². The molecule has 8 heteroatoms. The lowest BCUT2D eigenvalue weighted by Gasteiger charge is -2.34. The Hall–Kier alpha value is -2.61. The van der Waals surface area contributed by atoms with Gasteiger partial charge in [-0.05, 0) is 24.5 Å². The van der Waals surface area contributed by atoms with E-state index in [-0.39, 0.29) is 30.5 Å². The molecule has 8 nitrogen and oxygen atoms in total. The number of methoxy groups -OCH3 is 1. The van der Waals surface area contributed by atoms with Gasteiger partial charge in [-0.1, -0.05) is 27.2 Å². The van der Waals surface area contributed by atoms with Crippen LogP contribution >= 0.6 is 0 Å². The number of ether oxygens (including phenoxy) is 1. The van der Waals surface area contributed by atoms with Crippen LogP contribution in [0.4, 0.5) is 0 Å². The van der Waals surface area contributed by atoms with Crippen LogP contribution in [0.5, 0.6) is 11.5 Å². The van der Waals surface area contributed by atoms with Gasteiger partial charge in [0.1, 0.15) is 40.9 Å². The zero-order valence-corrected chi connectivity index (χ0v) is 17.9. The lowest BCUT2D eigenvalue weighted by atomic mass is 9.75. The molecule has 0 saturated carbocycles. The Morgan fingerprint density at radius 1 is 1.33 bits per heavy atom. The highest BCUT2D eigenvalue weighted by Gasteiger charge is 2.69. The van der Waals surface area contributed by atoms with E-state index < -0.39 is 35.3 Å². The van der Waals surface area contributed by atoms with Crippen molar-refractivity contribution in [2.75, 3.05) is 13.7 Å². The number of hydrogen-bond donors (Lipinski definition) is 2. The van der Waals surface area contributed by atoms with Crippen LogP contribution < -0.4 is 15.2 Å². The Kier molecular flexibility index (Phi) is 6.08. The molecular weight excluding hydrogens is 388 g/mol. The predicted octanol–water partition coefficient (Wildman–Crippen LogP) is -0.0450. The number of hydrogen-bond acceptors (Lipinski definition) is 6. The van der Waals surface area contributed by atoms with E-state index in [1.54, 1.807) is 17.4 Å². The molecule has 2 fully saturated rings. The van der Waals surface area contributed by atoms with Gasteiger partial charge in [-0.15, -0.1) is 0 Å². The number of benzene rings is 1. The second kappa shape index (κ2) is 8.26. The minimum absolute atomic E-state index is 0.0318. The summed E-state index contributed by atoms with van der Waals surface area (Å²) in [5.41, 5.74) is -1.15. The fraction of sp³-hybridized carbons (Fsp3) is 0.591. The highest BCUT2D eigenvalue weighted by molar-refractivity contribution is 6.08. The average molecular weight is 418 g/mol. The average Bonchev–Trinajstić information content (AvgIpc) is 3.14. The number of likely N-dealkylation sites (tertiary alicyclic amines) is 1. The van der Waals surface area contributed by atoms with E-state index in [9.17, 15) is 24.6 Å². The first kappa shape index (κ1) is 22.1. The third-order valence-electron chi connectivity index (χ3n) is 6.32. The van der Waals surface area contributed by atoms with Crippen LogP contribution in [-0.2, 0) is 14.4 Å². The molecule has 2 aliphatic heterocycles. The summed E-state index contributed by atoms with van der Waals surface area (Å²) in [6.45, 7) is 5.99. The van der Waals surface area contributed by atoms with E-state index in [1.165, 1.54) is 18.1 Å². The molecule has 0 radical (unpaired) electrons. The van der Waals surface area contributed by atoms with E-state index >= 15 is 0 Å². The fourth-order valence-electron chi connectivity index (χ4n) is 5.08. The molecule has 2 saturated heterocycles. The van der Waals surface area contributed by atoms with Crippen molar-refractivity contribution >= 4 is 17.8 Å². The minimum atomic E-state index is -1.57. The van der Waals surface area contributed by atoms with Crippen molar-refractivity contribution in [3.05, 3.63) is 23.8 Å². The lowest BCUT2D eigenvalue weighted by molar-refractivity contribution is -0.740. The first-order chi connectivity index (χ1) is 14.2. The van der Waals surface area contributed by atoms with Gasteiger partial charge in [0, 0.05) is 19.0 Å². The second-order valence-corrected chi connectivity index (χ2v) is 8.73. The maximum absolute atomic E-state index is 13.3. The number of carbonyl (C=O) groups is 3. The first-order valence-corrected chi connectivity index (χ1v) is 10.5. The first-order valence-electron chi connectivity index (χ1n) is 10.5. The molecule has 4 atom stereocenters. The van der Waals surface area contributed by atoms with Gasteiger partial charge < -0.3 is 25.1 Å². The van der Waals surface area contributed by atoms with Crippen LogP contribution in [0.3, 0.4) is 0 Å². The van der Waals surface area contributed by atoms with Gasteiger partial charge in [0.15, 0.2) is 0 Å². The monoisotopic (exact) mass is 418 g/mol. The van der Waals surface area contributed by atoms with Crippen molar-refractivity contribution < 1.29 is 34.7 Å². The van der Waals surface area contributed by atoms with E-state index in [4.69, 9.17) is 4.74 Å². The number of unbranched alkanes of at least 4 members (excludes halogenated alkanes) is 1. The third-order valence-corrected chi connectivity index (χ3v) is 6.32. The van der Waals surface area contributed by atoms with Gasteiger partial charge in [0.25, 0.3) is 0 Å². The normalized spacial score (nSPS) is 28.3. The standard InChI is InChI=1S/C22H30N2O6/c1-5-6-9-24-19(26)16-17(20(24)27)22(21(28)29,11-12(2)3)23-18(16)14-8-7-13(30-4)10-15(14)25/h7-8,10,12,16-18,23,25H,5-6,9,11H2,1-4H3,(H,28,29)/t16-,17+,18+,22-/m1/s1. The topological polar surface area (TPSA) is 124 Å². The van der Waals surface area contributed by atoms with Gasteiger partial charge >= 0.3 is 0 Å². The van der Waals surface area contributed by atoms with Crippen LogP contribution in [0.15, 0.2) is 18.2 Å². The van der Waals surface area contributed by atoms with Gasteiger partial charge in [-0.2, -0.15) is 0 Å². The number of nitrogens with zero attached hydrogens (tertiary/aromatic N) is 1. The number of aromatic hydroxyl groups is 1. The van der Waals surface area contributed by atoms with Crippen molar-refractivity contribution in [1.82, 2.24) is 4.90 Å². The number of rotatable bonds is 8. The highest BCUT2D eigenvalue weighted by atomic mass is 16.5. The van der Waals surface area contributed by atoms with Crippen molar-refractivity contribution in [3.63, 3.8) is 0 Å². The Balaban J connectivity index is 2.12. The molecule has 0 bridgehead atoms. The van der Waals surface area contributed by atoms with Crippen LogP contribution in [-0.4, -0.2) is 47.0 Å². The van der Waals surface area contributed by atoms with Gasteiger partial charge in [-0.25, -0.2) is 0 Å². The number of nitrogens with two attached hydrogens (primary N) is 1. The van der Waals surface area contributed by atoms with Gasteiger partial charge in [0.2, 0.25) is 11.8 Å². The summed E-state index contributed by atoms with van der Waals surface area (Å²) < 4.78 is 5.13. The second-order valence-electron chi connectivity index (χ2n) is 8.73. The number of amides is 2. The Labute approximate surface area is 176 Å². The Morgan fingerprint density at radius 3 is 2.57 bits per heavy atom. The van der Waals surface area contributed by atoms with Crippen LogP contribution in [0, 0.1) is 17.8 Å². The summed E-state index contributed by atoms with van der Waals surface area (Å²) in [7, 11) is 1.47. The molecule has 30 heavy (non-hydrogen) atoms. The molecular formula is C22H30N2O6. The lowest BCUT2D eigenvalue weighted by Crippen LogP contribution is -2.99. The van der Waals surface area contributed by atoms with E-state index in [0.717, 1.165) is 6.42 Å². The van der Waals surface area contributed by atoms with Crippen LogP contribution in [0.25, 0.3) is 0 Å². The van der Waals surface area contributed by atoms with Crippen molar-refractivity contribution in [3.8, 4) is 11.5 Å². The number of imide groups is 1. The molecule has 0 unspecified atom stereocenters. The quantitative estimate of drug-likeness (QED) is 0.571. The number of fused-ring (bicyclic) bond motifs is 1. The fourth-order valence-corrected chi connectivity index (χ4v) is 5.08. The summed E-state index contributed by atoms with van der Waals surface area (Å²) in [5.74, 6) is -3.75. The Morgan fingerprint density at radius 2 is 2.03 bits per heavy atom. The smallest absolute Gasteiger partial charge is 0.240 e. The molecule has 0 spiro atoms. The number of carboxylic acids is 1. The van der Waals surface area contributed by atoms with Gasteiger partial charge in [0.05, 0.1) is 12.7 Å². The third kappa shape index (κ3) is 3.43. The molecule has 2 aliphatic rings. The zero-order valence-electron chi connectivity index (χ0n) is 17.9. The maximum Gasteiger partial charge on any atom is 0.240 e.